The second-order valence-corrected chi connectivity index (χ2v) is 3.43. The molecular weight excluding hydrogens is 184 g/mol. The fourth-order valence-corrected chi connectivity index (χ4v) is 1.40. The van der Waals surface area contributed by atoms with Crippen LogP contribution in [0, 0.1) is 0 Å². The van der Waals surface area contributed by atoms with Crippen LogP contribution in [0.4, 0.5) is 0 Å². The van der Waals surface area contributed by atoms with Crippen molar-refractivity contribution >= 4 is 11.8 Å². The lowest BCUT2D eigenvalue weighted by molar-refractivity contribution is -0.125. The first kappa shape index (κ1) is 11.0. The van der Waals surface area contributed by atoms with E-state index in [-0.39, 0.29) is 24.5 Å². The molecule has 1 unspecified atom stereocenters. The molecule has 80 valence electrons. The van der Waals surface area contributed by atoms with Crippen molar-refractivity contribution in [2.45, 2.75) is 31.7 Å². The summed E-state index contributed by atoms with van der Waals surface area (Å²) in [6.45, 7) is 0.554. The van der Waals surface area contributed by atoms with Crippen LogP contribution in [0.3, 0.4) is 0 Å². The van der Waals surface area contributed by atoms with Gasteiger partial charge in [-0.3, -0.25) is 9.59 Å². The van der Waals surface area contributed by atoms with Gasteiger partial charge in [0, 0.05) is 32.0 Å². The first-order valence-corrected chi connectivity index (χ1v) is 4.89. The molecule has 3 N–H and O–H groups in total. The topological polar surface area (TPSA) is 78.4 Å². The maximum atomic E-state index is 11.2. The summed E-state index contributed by atoms with van der Waals surface area (Å²) >= 11 is 0. The number of rotatable bonds is 4. The number of hydrogen-bond donors (Lipinski definition) is 3. The van der Waals surface area contributed by atoms with E-state index in [0.717, 1.165) is 0 Å². The second kappa shape index (κ2) is 5.59. The van der Waals surface area contributed by atoms with Gasteiger partial charge in [0.15, 0.2) is 0 Å². The SMILES string of the molecule is O=C1CCC(NC(=O)CCCO)CN1. The van der Waals surface area contributed by atoms with E-state index in [4.69, 9.17) is 5.11 Å². The molecule has 0 saturated carbocycles. The molecule has 5 nitrogen and oxygen atoms in total. The number of aliphatic hydroxyl groups is 1. The van der Waals surface area contributed by atoms with E-state index in [0.29, 0.717) is 32.2 Å². The van der Waals surface area contributed by atoms with Crippen molar-refractivity contribution in [1.29, 1.82) is 0 Å². The van der Waals surface area contributed by atoms with Crippen molar-refractivity contribution in [2.75, 3.05) is 13.2 Å². The summed E-state index contributed by atoms with van der Waals surface area (Å²) in [7, 11) is 0. The molecular formula is C9H16N2O3. The van der Waals surface area contributed by atoms with Gasteiger partial charge in [0.1, 0.15) is 0 Å². The molecule has 0 aromatic heterocycles. The minimum atomic E-state index is -0.0554. The number of amides is 2. The summed E-state index contributed by atoms with van der Waals surface area (Å²) in [5, 5.41) is 14.0. The molecule has 0 aromatic carbocycles. The van der Waals surface area contributed by atoms with Crippen LogP contribution in [-0.4, -0.2) is 36.1 Å². The van der Waals surface area contributed by atoms with Crippen molar-refractivity contribution in [3.05, 3.63) is 0 Å². The maximum absolute atomic E-state index is 11.2. The quantitative estimate of drug-likeness (QED) is 0.553. The van der Waals surface area contributed by atoms with Crippen LogP contribution in [0.2, 0.25) is 0 Å². The number of aliphatic hydroxyl groups excluding tert-OH is 1. The summed E-state index contributed by atoms with van der Waals surface area (Å²) in [6, 6.07) is 0.0545. The zero-order valence-electron chi connectivity index (χ0n) is 8.08. The number of nitrogens with one attached hydrogen (secondary N) is 2. The zero-order valence-corrected chi connectivity index (χ0v) is 8.08. The predicted molar refractivity (Wildman–Crippen MR) is 50.5 cm³/mol. The highest BCUT2D eigenvalue weighted by molar-refractivity contribution is 5.78. The highest BCUT2D eigenvalue weighted by Crippen LogP contribution is 2.03. The molecule has 5 heteroatoms. The molecule has 0 aliphatic carbocycles. The van der Waals surface area contributed by atoms with Gasteiger partial charge in [-0.15, -0.1) is 0 Å². The Labute approximate surface area is 82.9 Å². The van der Waals surface area contributed by atoms with Crippen molar-refractivity contribution in [3.63, 3.8) is 0 Å². The van der Waals surface area contributed by atoms with E-state index in [1.807, 2.05) is 0 Å². The molecule has 1 saturated heterocycles. The first-order chi connectivity index (χ1) is 6.72. The molecule has 14 heavy (non-hydrogen) atoms. The Morgan fingerprint density at radius 3 is 3.00 bits per heavy atom. The number of carbonyl (C=O) groups is 2. The fourth-order valence-electron chi connectivity index (χ4n) is 1.40. The Morgan fingerprint density at radius 1 is 1.64 bits per heavy atom. The molecule has 1 atom stereocenters. The fraction of sp³-hybridized carbons (Fsp3) is 0.778. The third-order valence-corrected chi connectivity index (χ3v) is 2.19. The Kier molecular flexibility index (Phi) is 4.39. The van der Waals surface area contributed by atoms with Gasteiger partial charge in [0.2, 0.25) is 11.8 Å². The van der Waals surface area contributed by atoms with Crippen molar-refractivity contribution in [2.24, 2.45) is 0 Å². The van der Waals surface area contributed by atoms with Crippen LogP contribution >= 0.6 is 0 Å². The molecule has 1 heterocycles. The minimum Gasteiger partial charge on any atom is -0.396 e. The van der Waals surface area contributed by atoms with Gasteiger partial charge >= 0.3 is 0 Å². The Bertz CT molecular complexity index is 208. The van der Waals surface area contributed by atoms with E-state index in [1.165, 1.54) is 0 Å². The molecule has 0 spiro atoms. The number of carbonyl (C=O) groups excluding carboxylic acids is 2. The Balaban J connectivity index is 2.17. The molecule has 1 aliphatic heterocycles. The summed E-state index contributed by atoms with van der Waals surface area (Å²) < 4.78 is 0. The summed E-state index contributed by atoms with van der Waals surface area (Å²) in [4.78, 5) is 22.0. The third kappa shape index (κ3) is 3.74. The van der Waals surface area contributed by atoms with E-state index in [1.54, 1.807) is 0 Å². The number of hydrogen-bond acceptors (Lipinski definition) is 3. The first-order valence-electron chi connectivity index (χ1n) is 4.89. The lowest BCUT2D eigenvalue weighted by Gasteiger charge is -2.23. The average molecular weight is 200 g/mol. The van der Waals surface area contributed by atoms with Crippen LogP contribution < -0.4 is 10.6 Å². The van der Waals surface area contributed by atoms with Crippen molar-refractivity contribution < 1.29 is 14.7 Å². The average Bonchev–Trinajstić information content (AvgIpc) is 2.18. The van der Waals surface area contributed by atoms with Gasteiger partial charge in [-0.25, -0.2) is 0 Å². The molecule has 2 amide bonds. The van der Waals surface area contributed by atoms with E-state index < -0.39 is 0 Å². The smallest absolute Gasteiger partial charge is 0.220 e. The summed E-state index contributed by atoms with van der Waals surface area (Å²) in [5.41, 5.74) is 0. The summed E-state index contributed by atoms with van der Waals surface area (Å²) in [5.74, 6) is -0.00828. The molecule has 0 bridgehead atoms. The Morgan fingerprint density at radius 2 is 2.43 bits per heavy atom. The monoisotopic (exact) mass is 200 g/mol. The van der Waals surface area contributed by atoms with Crippen molar-refractivity contribution in [1.82, 2.24) is 10.6 Å². The van der Waals surface area contributed by atoms with E-state index in [2.05, 4.69) is 10.6 Å². The van der Waals surface area contributed by atoms with Gasteiger partial charge in [0.05, 0.1) is 0 Å². The van der Waals surface area contributed by atoms with Crippen LogP contribution in [0.5, 0.6) is 0 Å². The standard InChI is InChI=1S/C9H16N2O3/c12-5-1-2-9(14)11-7-3-4-8(13)10-6-7/h7,12H,1-6H2,(H,10,13)(H,11,14). The van der Waals surface area contributed by atoms with Crippen molar-refractivity contribution in [3.8, 4) is 0 Å². The van der Waals surface area contributed by atoms with Gasteiger partial charge in [-0.2, -0.15) is 0 Å². The van der Waals surface area contributed by atoms with Gasteiger partial charge < -0.3 is 15.7 Å². The van der Waals surface area contributed by atoms with Crippen LogP contribution in [0.15, 0.2) is 0 Å². The Hall–Kier alpha value is -1.10. The zero-order chi connectivity index (χ0) is 10.4. The molecule has 1 aliphatic rings. The largest absolute Gasteiger partial charge is 0.396 e. The lowest BCUT2D eigenvalue weighted by atomic mass is 10.1. The van der Waals surface area contributed by atoms with Gasteiger partial charge in [-0.1, -0.05) is 0 Å². The molecule has 0 radical (unpaired) electrons. The van der Waals surface area contributed by atoms with E-state index in [9.17, 15) is 9.59 Å². The highest BCUT2D eigenvalue weighted by atomic mass is 16.3. The normalized spacial score (nSPS) is 21.5. The van der Waals surface area contributed by atoms with Gasteiger partial charge in [0.25, 0.3) is 0 Å². The maximum Gasteiger partial charge on any atom is 0.220 e. The predicted octanol–water partition coefficient (Wildman–Crippen LogP) is -0.846. The van der Waals surface area contributed by atoms with Crippen LogP contribution in [0.25, 0.3) is 0 Å². The summed E-state index contributed by atoms with van der Waals surface area (Å²) in [6.07, 6.45) is 2.02. The van der Waals surface area contributed by atoms with Gasteiger partial charge in [-0.05, 0) is 12.8 Å². The third-order valence-electron chi connectivity index (χ3n) is 2.19. The molecule has 0 aromatic rings. The molecule has 1 rings (SSSR count). The number of piperidine rings is 1. The minimum absolute atomic E-state index is 0.0365. The van der Waals surface area contributed by atoms with Crippen LogP contribution in [0.1, 0.15) is 25.7 Å². The second-order valence-electron chi connectivity index (χ2n) is 3.43. The van der Waals surface area contributed by atoms with E-state index >= 15 is 0 Å². The molecule has 1 fully saturated rings. The lowest BCUT2D eigenvalue weighted by Crippen LogP contribution is -2.47. The highest BCUT2D eigenvalue weighted by Gasteiger charge is 2.18. The van der Waals surface area contributed by atoms with Crippen LogP contribution in [-0.2, 0) is 9.59 Å².